The van der Waals surface area contributed by atoms with Gasteiger partial charge in [-0.05, 0) is 31.5 Å². The fraction of sp³-hybridized carbons (Fsp3) is 0.200. The summed E-state index contributed by atoms with van der Waals surface area (Å²) in [6, 6.07) is 8.87. The van der Waals surface area contributed by atoms with Gasteiger partial charge in [0.2, 0.25) is 11.7 Å². The maximum absolute atomic E-state index is 12.8. The lowest BCUT2D eigenvalue weighted by Crippen LogP contribution is -2.15. The summed E-state index contributed by atoms with van der Waals surface area (Å²) >= 11 is 5.98. The molecule has 1 unspecified atom stereocenters. The number of aliphatic hydroxyl groups is 1. The monoisotopic (exact) mass is 411 g/mol. The molecule has 0 fully saturated rings. The van der Waals surface area contributed by atoms with Crippen molar-refractivity contribution in [1.29, 1.82) is 0 Å². The van der Waals surface area contributed by atoms with Crippen molar-refractivity contribution in [1.82, 2.24) is 19.5 Å². The third kappa shape index (κ3) is 3.98. The molecule has 0 aliphatic rings. The van der Waals surface area contributed by atoms with Crippen molar-refractivity contribution in [2.24, 2.45) is 0 Å². The van der Waals surface area contributed by atoms with Gasteiger partial charge in [-0.15, -0.1) is 0 Å². The number of carbonyl (C=O) groups excluding carboxylic acids is 1. The number of imidazole rings is 1. The highest BCUT2D eigenvalue weighted by Crippen LogP contribution is 2.24. The third-order valence-electron chi connectivity index (χ3n) is 4.39. The van der Waals surface area contributed by atoms with E-state index in [0.717, 1.165) is 5.56 Å². The number of nitrogens with one attached hydrogen (secondary N) is 1. The average Bonchev–Trinajstić information content (AvgIpc) is 3.29. The fourth-order valence-corrected chi connectivity index (χ4v) is 3.07. The summed E-state index contributed by atoms with van der Waals surface area (Å²) in [5.74, 6) is 0.439. The fourth-order valence-electron chi connectivity index (χ4n) is 2.91. The molecule has 4 aromatic rings. The van der Waals surface area contributed by atoms with E-state index < -0.39 is 6.10 Å². The predicted molar refractivity (Wildman–Crippen MR) is 108 cm³/mol. The molecule has 4 rings (SSSR count). The molecule has 8 nitrogen and oxygen atoms in total. The zero-order valence-electron chi connectivity index (χ0n) is 15.8. The summed E-state index contributed by atoms with van der Waals surface area (Å²) in [5.41, 5.74) is 3.17. The van der Waals surface area contributed by atoms with Gasteiger partial charge in [0, 0.05) is 28.5 Å². The number of fused-ring (bicyclic) bond motifs is 1. The molecular weight excluding hydrogens is 394 g/mol. The van der Waals surface area contributed by atoms with Crippen LogP contribution in [0.15, 0.2) is 47.2 Å². The Bertz CT molecular complexity index is 1200. The SMILES string of the molecule is Cc1ccc(-c2noc(CC(C)O)n2)cc1NC(=O)c1cnc2cc(Cl)ccn12. The van der Waals surface area contributed by atoms with Crippen LogP contribution in [0.25, 0.3) is 17.0 Å². The second-order valence-corrected chi connectivity index (χ2v) is 7.20. The lowest BCUT2D eigenvalue weighted by Gasteiger charge is -2.09. The minimum absolute atomic E-state index is 0.279. The first-order chi connectivity index (χ1) is 13.9. The molecule has 0 spiro atoms. The molecule has 1 amide bonds. The van der Waals surface area contributed by atoms with Crippen LogP contribution in [0.4, 0.5) is 5.69 Å². The van der Waals surface area contributed by atoms with Gasteiger partial charge in [-0.25, -0.2) is 4.98 Å². The number of anilines is 1. The van der Waals surface area contributed by atoms with Crippen LogP contribution in [0, 0.1) is 6.92 Å². The van der Waals surface area contributed by atoms with Gasteiger partial charge in [0.1, 0.15) is 11.3 Å². The van der Waals surface area contributed by atoms with Gasteiger partial charge >= 0.3 is 0 Å². The van der Waals surface area contributed by atoms with Crippen molar-refractivity contribution < 1.29 is 14.4 Å². The van der Waals surface area contributed by atoms with Crippen LogP contribution in [0.5, 0.6) is 0 Å². The number of aliphatic hydroxyl groups excluding tert-OH is 1. The van der Waals surface area contributed by atoms with Crippen LogP contribution in [0.2, 0.25) is 5.02 Å². The Hall–Kier alpha value is -3.23. The lowest BCUT2D eigenvalue weighted by molar-refractivity contribution is 0.102. The zero-order chi connectivity index (χ0) is 20.5. The highest BCUT2D eigenvalue weighted by Gasteiger charge is 2.16. The van der Waals surface area contributed by atoms with Crippen molar-refractivity contribution in [3.63, 3.8) is 0 Å². The van der Waals surface area contributed by atoms with E-state index in [1.807, 2.05) is 19.1 Å². The van der Waals surface area contributed by atoms with Crippen LogP contribution in [0.1, 0.15) is 28.9 Å². The standard InChI is InChI=1S/C20H18ClN5O3/c1-11-3-4-13(19-24-18(29-25-19)7-12(2)27)8-15(11)23-20(28)16-10-22-17-9-14(21)5-6-26(16)17/h3-6,8-10,12,27H,7H2,1-2H3,(H,23,28). The van der Waals surface area contributed by atoms with Gasteiger partial charge in [-0.2, -0.15) is 4.98 Å². The summed E-state index contributed by atoms with van der Waals surface area (Å²) in [6.45, 7) is 3.54. The maximum atomic E-state index is 12.8. The number of pyridine rings is 1. The van der Waals surface area contributed by atoms with E-state index in [1.54, 1.807) is 35.7 Å². The normalized spacial score (nSPS) is 12.3. The first-order valence-corrected chi connectivity index (χ1v) is 9.34. The number of hydrogen-bond donors (Lipinski definition) is 2. The smallest absolute Gasteiger partial charge is 0.274 e. The number of carbonyl (C=O) groups is 1. The summed E-state index contributed by atoms with van der Waals surface area (Å²) in [5, 5.41) is 16.9. The number of amides is 1. The third-order valence-corrected chi connectivity index (χ3v) is 4.63. The Balaban J connectivity index is 1.60. The van der Waals surface area contributed by atoms with Gasteiger partial charge in [-0.1, -0.05) is 28.9 Å². The number of nitrogens with zero attached hydrogens (tertiary/aromatic N) is 4. The number of aromatic nitrogens is 4. The predicted octanol–water partition coefficient (Wildman–Crippen LogP) is 3.52. The highest BCUT2D eigenvalue weighted by molar-refractivity contribution is 6.30. The highest BCUT2D eigenvalue weighted by atomic mass is 35.5. The lowest BCUT2D eigenvalue weighted by atomic mass is 10.1. The van der Waals surface area contributed by atoms with Gasteiger partial charge in [0.25, 0.3) is 5.91 Å². The van der Waals surface area contributed by atoms with Crippen molar-refractivity contribution in [2.45, 2.75) is 26.4 Å². The number of benzene rings is 1. The quantitative estimate of drug-likeness (QED) is 0.520. The number of hydrogen-bond acceptors (Lipinski definition) is 6. The second-order valence-electron chi connectivity index (χ2n) is 6.77. The van der Waals surface area contributed by atoms with Crippen LogP contribution in [-0.2, 0) is 6.42 Å². The Morgan fingerprint density at radius 3 is 2.97 bits per heavy atom. The van der Waals surface area contributed by atoms with Crippen molar-refractivity contribution in [3.05, 3.63) is 64.9 Å². The van der Waals surface area contributed by atoms with E-state index in [4.69, 9.17) is 16.1 Å². The zero-order valence-corrected chi connectivity index (χ0v) is 16.5. The summed E-state index contributed by atoms with van der Waals surface area (Å²) < 4.78 is 6.84. The van der Waals surface area contributed by atoms with Crippen molar-refractivity contribution in [2.75, 3.05) is 5.32 Å². The molecule has 0 radical (unpaired) electrons. The van der Waals surface area contributed by atoms with Crippen LogP contribution in [-0.4, -0.2) is 36.6 Å². The topological polar surface area (TPSA) is 106 Å². The number of aryl methyl sites for hydroxylation is 1. The molecule has 148 valence electrons. The van der Waals surface area contributed by atoms with E-state index in [-0.39, 0.29) is 12.3 Å². The summed E-state index contributed by atoms with van der Waals surface area (Å²) in [6.07, 6.45) is 2.91. The van der Waals surface area contributed by atoms with Crippen molar-refractivity contribution in [3.8, 4) is 11.4 Å². The van der Waals surface area contributed by atoms with Crippen LogP contribution in [0.3, 0.4) is 0 Å². The molecule has 0 bridgehead atoms. The average molecular weight is 412 g/mol. The Morgan fingerprint density at radius 2 is 2.17 bits per heavy atom. The minimum atomic E-state index is -0.573. The number of halogens is 1. The molecule has 0 saturated carbocycles. The molecule has 9 heteroatoms. The van der Waals surface area contributed by atoms with Crippen LogP contribution < -0.4 is 5.32 Å². The molecule has 0 saturated heterocycles. The molecule has 0 aliphatic heterocycles. The Kier molecular flexibility index (Phi) is 5.04. The molecular formula is C20H18ClN5O3. The number of rotatable bonds is 5. The summed E-state index contributed by atoms with van der Waals surface area (Å²) in [7, 11) is 0. The summed E-state index contributed by atoms with van der Waals surface area (Å²) in [4.78, 5) is 21.3. The van der Waals surface area contributed by atoms with Gasteiger partial charge in [0.15, 0.2) is 0 Å². The van der Waals surface area contributed by atoms with E-state index in [1.165, 1.54) is 6.20 Å². The molecule has 3 heterocycles. The van der Waals surface area contributed by atoms with Gasteiger partial charge in [-0.3, -0.25) is 9.20 Å². The second kappa shape index (κ2) is 7.65. The Morgan fingerprint density at radius 1 is 1.34 bits per heavy atom. The first kappa shape index (κ1) is 19.1. The van der Waals surface area contributed by atoms with Gasteiger partial charge < -0.3 is 14.9 Å². The molecule has 29 heavy (non-hydrogen) atoms. The largest absolute Gasteiger partial charge is 0.393 e. The molecule has 1 aromatic carbocycles. The van der Waals surface area contributed by atoms with Crippen molar-refractivity contribution >= 4 is 28.8 Å². The first-order valence-electron chi connectivity index (χ1n) is 8.96. The molecule has 1 atom stereocenters. The maximum Gasteiger partial charge on any atom is 0.274 e. The minimum Gasteiger partial charge on any atom is -0.393 e. The van der Waals surface area contributed by atoms with Crippen LogP contribution >= 0.6 is 11.6 Å². The molecule has 0 aliphatic carbocycles. The van der Waals surface area contributed by atoms with Gasteiger partial charge in [0.05, 0.1) is 18.7 Å². The van der Waals surface area contributed by atoms with E-state index in [2.05, 4.69) is 20.4 Å². The van der Waals surface area contributed by atoms with E-state index >= 15 is 0 Å². The molecule has 3 aromatic heterocycles. The van der Waals surface area contributed by atoms with E-state index in [0.29, 0.717) is 39.3 Å². The molecule has 2 N–H and O–H groups in total. The van der Waals surface area contributed by atoms with E-state index in [9.17, 15) is 9.90 Å². The Labute approximate surface area is 171 Å².